The topological polar surface area (TPSA) is 47.3 Å². The standard InChI is InChI=1S/C12H16N2O/c1-10(9-15)8-14(2)12-5-3-4-11(6-12)7-13/h3-6,10,15H,8-9H2,1-2H3. The fourth-order valence-corrected chi connectivity index (χ4v) is 1.44. The van der Waals surface area contributed by atoms with E-state index in [0.29, 0.717) is 5.56 Å². The van der Waals surface area contributed by atoms with Crippen LogP contribution in [0.5, 0.6) is 0 Å². The van der Waals surface area contributed by atoms with E-state index >= 15 is 0 Å². The Morgan fingerprint density at radius 3 is 2.87 bits per heavy atom. The molecule has 1 aromatic carbocycles. The minimum Gasteiger partial charge on any atom is -0.396 e. The molecule has 1 aromatic rings. The van der Waals surface area contributed by atoms with E-state index in [1.807, 2.05) is 37.1 Å². The first-order chi connectivity index (χ1) is 7.17. The highest BCUT2D eigenvalue weighted by Gasteiger charge is 2.06. The van der Waals surface area contributed by atoms with Crippen LogP contribution in [0.1, 0.15) is 12.5 Å². The maximum absolute atomic E-state index is 8.95. The van der Waals surface area contributed by atoms with Gasteiger partial charge in [-0.3, -0.25) is 0 Å². The van der Waals surface area contributed by atoms with Crippen LogP contribution < -0.4 is 4.90 Å². The average Bonchev–Trinajstić information content (AvgIpc) is 2.28. The Morgan fingerprint density at radius 1 is 1.53 bits per heavy atom. The summed E-state index contributed by atoms with van der Waals surface area (Å²) in [5.74, 6) is 0.237. The Bertz CT molecular complexity index is 357. The summed E-state index contributed by atoms with van der Waals surface area (Å²) in [5, 5.41) is 17.7. The summed E-state index contributed by atoms with van der Waals surface area (Å²) in [6.45, 7) is 2.96. The van der Waals surface area contributed by atoms with Crippen molar-refractivity contribution in [1.82, 2.24) is 0 Å². The van der Waals surface area contributed by atoms with Gasteiger partial charge in [0.2, 0.25) is 0 Å². The molecule has 0 amide bonds. The van der Waals surface area contributed by atoms with Crippen LogP contribution in [0.15, 0.2) is 24.3 Å². The molecule has 0 saturated heterocycles. The third-order valence-corrected chi connectivity index (χ3v) is 2.31. The maximum Gasteiger partial charge on any atom is 0.0992 e. The number of benzene rings is 1. The van der Waals surface area contributed by atoms with Crippen LogP contribution in [-0.4, -0.2) is 25.3 Å². The first-order valence-corrected chi connectivity index (χ1v) is 4.99. The van der Waals surface area contributed by atoms with Crippen LogP contribution in [0, 0.1) is 17.2 Å². The fraction of sp³-hybridized carbons (Fsp3) is 0.417. The molecular weight excluding hydrogens is 188 g/mol. The molecular formula is C12H16N2O. The summed E-state index contributed by atoms with van der Waals surface area (Å²) < 4.78 is 0. The van der Waals surface area contributed by atoms with Crippen LogP contribution in [0.4, 0.5) is 5.69 Å². The van der Waals surface area contributed by atoms with Crippen molar-refractivity contribution >= 4 is 5.69 Å². The van der Waals surface area contributed by atoms with Gasteiger partial charge >= 0.3 is 0 Å². The molecule has 0 bridgehead atoms. The minimum atomic E-state index is 0.183. The smallest absolute Gasteiger partial charge is 0.0992 e. The number of hydrogen-bond acceptors (Lipinski definition) is 3. The number of nitrogens with zero attached hydrogens (tertiary/aromatic N) is 2. The Balaban J connectivity index is 2.73. The zero-order valence-electron chi connectivity index (χ0n) is 9.14. The predicted octanol–water partition coefficient (Wildman–Crippen LogP) is 1.62. The molecule has 0 saturated carbocycles. The van der Waals surface area contributed by atoms with Gasteiger partial charge in [-0.1, -0.05) is 13.0 Å². The van der Waals surface area contributed by atoms with Gasteiger partial charge in [-0.15, -0.1) is 0 Å². The van der Waals surface area contributed by atoms with Gasteiger partial charge in [0.05, 0.1) is 11.6 Å². The molecule has 1 atom stereocenters. The van der Waals surface area contributed by atoms with Crippen molar-refractivity contribution in [3.63, 3.8) is 0 Å². The number of nitriles is 1. The number of hydrogen-bond donors (Lipinski definition) is 1. The van der Waals surface area contributed by atoms with Crippen LogP contribution >= 0.6 is 0 Å². The molecule has 80 valence electrons. The SMILES string of the molecule is CC(CO)CN(C)c1cccc(C#N)c1. The van der Waals surface area contributed by atoms with Gasteiger partial charge in [-0.25, -0.2) is 0 Å². The molecule has 0 aromatic heterocycles. The zero-order chi connectivity index (χ0) is 11.3. The van der Waals surface area contributed by atoms with Crippen LogP contribution in [-0.2, 0) is 0 Å². The van der Waals surface area contributed by atoms with Gasteiger partial charge in [-0.2, -0.15) is 5.26 Å². The summed E-state index contributed by atoms with van der Waals surface area (Å²) in [6.07, 6.45) is 0. The number of anilines is 1. The highest BCUT2D eigenvalue weighted by molar-refractivity contribution is 5.50. The van der Waals surface area contributed by atoms with Crippen molar-refractivity contribution in [1.29, 1.82) is 5.26 Å². The van der Waals surface area contributed by atoms with Crippen molar-refractivity contribution < 1.29 is 5.11 Å². The lowest BCUT2D eigenvalue weighted by molar-refractivity contribution is 0.240. The van der Waals surface area contributed by atoms with Gasteiger partial charge < -0.3 is 10.0 Å². The van der Waals surface area contributed by atoms with Crippen LogP contribution in [0.3, 0.4) is 0 Å². The lowest BCUT2D eigenvalue weighted by atomic mass is 10.1. The summed E-state index contributed by atoms with van der Waals surface area (Å²) >= 11 is 0. The van der Waals surface area contributed by atoms with Crippen molar-refractivity contribution in [2.75, 3.05) is 25.1 Å². The van der Waals surface area contributed by atoms with Crippen molar-refractivity contribution in [3.8, 4) is 6.07 Å². The lowest BCUT2D eigenvalue weighted by Gasteiger charge is -2.22. The van der Waals surface area contributed by atoms with E-state index in [-0.39, 0.29) is 12.5 Å². The van der Waals surface area contributed by atoms with E-state index in [0.717, 1.165) is 12.2 Å². The molecule has 0 aliphatic carbocycles. The molecule has 0 aliphatic rings. The molecule has 0 aliphatic heterocycles. The highest BCUT2D eigenvalue weighted by Crippen LogP contribution is 2.15. The fourth-order valence-electron chi connectivity index (χ4n) is 1.44. The van der Waals surface area contributed by atoms with E-state index < -0.39 is 0 Å². The van der Waals surface area contributed by atoms with Crippen LogP contribution in [0.25, 0.3) is 0 Å². The minimum absolute atomic E-state index is 0.183. The van der Waals surface area contributed by atoms with E-state index in [9.17, 15) is 0 Å². The molecule has 0 heterocycles. The quantitative estimate of drug-likeness (QED) is 0.810. The van der Waals surface area contributed by atoms with E-state index in [2.05, 4.69) is 6.07 Å². The second-order valence-corrected chi connectivity index (χ2v) is 3.83. The molecule has 3 heteroatoms. The monoisotopic (exact) mass is 204 g/mol. The van der Waals surface area contributed by atoms with Gasteiger partial charge in [0.15, 0.2) is 0 Å². The molecule has 0 spiro atoms. The van der Waals surface area contributed by atoms with Gasteiger partial charge in [-0.05, 0) is 24.1 Å². The molecule has 1 rings (SSSR count). The summed E-state index contributed by atoms with van der Waals surface area (Å²) in [7, 11) is 1.96. The summed E-state index contributed by atoms with van der Waals surface area (Å²) in [5.41, 5.74) is 1.67. The molecule has 1 N–H and O–H groups in total. The highest BCUT2D eigenvalue weighted by atomic mass is 16.3. The summed E-state index contributed by atoms with van der Waals surface area (Å²) in [4.78, 5) is 2.04. The van der Waals surface area contributed by atoms with Gasteiger partial charge in [0.25, 0.3) is 0 Å². The van der Waals surface area contributed by atoms with Crippen molar-refractivity contribution in [2.45, 2.75) is 6.92 Å². The zero-order valence-corrected chi connectivity index (χ0v) is 9.14. The Hall–Kier alpha value is -1.53. The van der Waals surface area contributed by atoms with Gasteiger partial charge in [0, 0.05) is 25.9 Å². The number of aliphatic hydroxyl groups is 1. The van der Waals surface area contributed by atoms with E-state index in [4.69, 9.17) is 10.4 Å². The first-order valence-electron chi connectivity index (χ1n) is 4.99. The largest absolute Gasteiger partial charge is 0.396 e. The number of aliphatic hydroxyl groups excluding tert-OH is 1. The van der Waals surface area contributed by atoms with Gasteiger partial charge in [0.1, 0.15) is 0 Å². The lowest BCUT2D eigenvalue weighted by Crippen LogP contribution is -2.25. The Labute approximate surface area is 90.6 Å². The van der Waals surface area contributed by atoms with Crippen molar-refractivity contribution in [2.24, 2.45) is 5.92 Å². The van der Waals surface area contributed by atoms with Crippen LogP contribution in [0.2, 0.25) is 0 Å². The Morgan fingerprint density at radius 2 is 2.27 bits per heavy atom. The molecule has 0 fully saturated rings. The molecule has 1 unspecified atom stereocenters. The predicted molar refractivity (Wildman–Crippen MR) is 60.7 cm³/mol. The molecule has 15 heavy (non-hydrogen) atoms. The normalized spacial score (nSPS) is 11.9. The first kappa shape index (κ1) is 11.5. The average molecular weight is 204 g/mol. The molecule has 3 nitrogen and oxygen atoms in total. The van der Waals surface area contributed by atoms with Crippen molar-refractivity contribution in [3.05, 3.63) is 29.8 Å². The maximum atomic E-state index is 8.95. The third kappa shape index (κ3) is 3.26. The molecule has 0 radical (unpaired) electrons. The second-order valence-electron chi connectivity index (χ2n) is 3.83. The Kier molecular flexibility index (Phi) is 4.14. The second kappa shape index (κ2) is 5.38. The third-order valence-electron chi connectivity index (χ3n) is 2.31. The van der Waals surface area contributed by atoms with E-state index in [1.165, 1.54) is 0 Å². The number of rotatable bonds is 4. The summed E-state index contributed by atoms with van der Waals surface area (Å²) in [6, 6.07) is 9.58. The van der Waals surface area contributed by atoms with E-state index in [1.54, 1.807) is 6.07 Å².